The summed E-state index contributed by atoms with van der Waals surface area (Å²) in [6.07, 6.45) is 4.59. The second kappa shape index (κ2) is 3.92. The number of fused-ring (bicyclic) bond motifs is 1. The minimum atomic E-state index is 0.461. The maximum atomic E-state index is 5.56. The second-order valence-electron chi connectivity index (χ2n) is 3.97. The van der Waals surface area contributed by atoms with E-state index in [1.54, 1.807) is 6.20 Å². The quantitative estimate of drug-likeness (QED) is 0.679. The summed E-state index contributed by atoms with van der Waals surface area (Å²) in [5.41, 5.74) is 8.94. The van der Waals surface area contributed by atoms with Gasteiger partial charge in [0.25, 0.3) is 0 Å². The van der Waals surface area contributed by atoms with Gasteiger partial charge in [0, 0.05) is 33.7 Å². The number of anilines is 1. The van der Waals surface area contributed by atoms with Crippen molar-refractivity contribution >= 4 is 32.8 Å². The molecular weight excluding hydrogens is 280 g/mol. The Hall–Kier alpha value is -1.75. The van der Waals surface area contributed by atoms with Gasteiger partial charge >= 0.3 is 0 Å². The molecule has 2 aromatic heterocycles. The topological polar surface area (TPSA) is 70.5 Å². The van der Waals surface area contributed by atoms with Crippen molar-refractivity contribution < 1.29 is 0 Å². The van der Waals surface area contributed by atoms with E-state index in [9.17, 15) is 0 Å². The fourth-order valence-corrected chi connectivity index (χ4v) is 2.34. The minimum Gasteiger partial charge on any atom is -0.369 e. The van der Waals surface area contributed by atoms with Gasteiger partial charge in [-0.25, -0.2) is 4.98 Å². The Bertz CT molecular complexity index is 668. The number of nitrogen functional groups attached to an aromatic ring is 1. The number of nitrogens with zero attached hydrogens (tertiary/aromatic N) is 1. The van der Waals surface area contributed by atoms with E-state index in [1.165, 1.54) is 10.9 Å². The number of hydrogen-bond acceptors (Lipinski definition) is 2. The van der Waals surface area contributed by atoms with Gasteiger partial charge in [0.15, 0.2) is 5.95 Å². The number of nitrogens with two attached hydrogens (primary N) is 1. The Labute approximate surface area is 106 Å². The van der Waals surface area contributed by atoms with Crippen molar-refractivity contribution in [3.05, 3.63) is 46.3 Å². The minimum absolute atomic E-state index is 0.461. The summed E-state index contributed by atoms with van der Waals surface area (Å²) >= 11 is 3.46. The predicted molar refractivity (Wildman–Crippen MR) is 71.8 cm³/mol. The molecule has 0 aliphatic carbocycles. The first-order chi connectivity index (χ1) is 8.22. The third-order valence-electron chi connectivity index (χ3n) is 2.76. The standard InChI is InChI=1S/C12H11BrN4/c13-8-1-2-10-7(5-15-11(10)4-8)3-9-6-16-12(14)17-9/h1-2,4-6,15H,3H2,(H3,14,16,17). The summed E-state index contributed by atoms with van der Waals surface area (Å²) in [5.74, 6) is 0.461. The van der Waals surface area contributed by atoms with Gasteiger partial charge in [0.05, 0.1) is 6.20 Å². The molecule has 86 valence electrons. The molecule has 4 nitrogen and oxygen atoms in total. The monoisotopic (exact) mass is 290 g/mol. The van der Waals surface area contributed by atoms with E-state index in [-0.39, 0.29) is 0 Å². The third kappa shape index (κ3) is 1.93. The van der Waals surface area contributed by atoms with Crippen molar-refractivity contribution in [2.75, 3.05) is 5.73 Å². The van der Waals surface area contributed by atoms with Crippen LogP contribution in [0.3, 0.4) is 0 Å². The molecule has 17 heavy (non-hydrogen) atoms. The zero-order valence-electron chi connectivity index (χ0n) is 9.00. The molecule has 0 aliphatic heterocycles. The average Bonchev–Trinajstić information content (AvgIpc) is 2.86. The molecule has 0 radical (unpaired) electrons. The average molecular weight is 291 g/mol. The molecule has 1 aromatic carbocycles. The number of H-pyrrole nitrogens is 2. The first kappa shape index (κ1) is 10.4. The van der Waals surface area contributed by atoms with Crippen LogP contribution in [0.25, 0.3) is 10.9 Å². The first-order valence-electron chi connectivity index (χ1n) is 5.27. The highest BCUT2D eigenvalue weighted by Crippen LogP contribution is 2.23. The molecule has 3 aromatic rings. The second-order valence-corrected chi connectivity index (χ2v) is 4.89. The van der Waals surface area contributed by atoms with Gasteiger partial charge in [-0.05, 0) is 17.7 Å². The molecule has 0 amide bonds. The van der Waals surface area contributed by atoms with Crippen LogP contribution in [0.1, 0.15) is 11.3 Å². The molecule has 0 unspecified atom stereocenters. The smallest absolute Gasteiger partial charge is 0.197 e. The van der Waals surface area contributed by atoms with Crippen LogP contribution in [0.15, 0.2) is 35.1 Å². The summed E-state index contributed by atoms with van der Waals surface area (Å²) < 4.78 is 1.07. The van der Waals surface area contributed by atoms with Crippen LogP contribution in [-0.2, 0) is 6.42 Å². The van der Waals surface area contributed by atoms with Gasteiger partial charge < -0.3 is 15.7 Å². The van der Waals surface area contributed by atoms with E-state index in [0.717, 1.165) is 22.1 Å². The highest BCUT2D eigenvalue weighted by molar-refractivity contribution is 9.10. The van der Waals surface area contributed by atoms with Crippen LogP contribution >= 0.6 is 15.9 Å². The molecule has 4 N–H and O–H groups in total. The van der Waals surface area contributed by atoms with E-state index in [4.69, 9.17) is 5.73 Å². The Kier molecular flexibility index (Phi) is 2.40. The van der Waals surface area contributed by atoms with Crippen LogP contribution in [0.4, 0.5) is 5.95 Å². The number of benzene rings is 1. The maximum absolute atomic E-state index is 5.56. The fraction of sp³-hybridized carbons (Fsp3) is 0.0833. The lowest BCUT2D eigenvalue weighted by Gasteiger charge is -1.97. The molecule has 0 saturated carbocycles. The van der Waals surface area contributed by atoms with Crippen molar-refractivity contribution in [2.45, 2.75) is 6.42 Å². The normalized spacial score (nSPS) is 11.1. The molecule has 0 fully saturated rings. The van der Waals surface area contributed by atoms with E-state index in [2.05, 4.69) is 43.0 Å². The summed E-state index contributed by atoms with van der Waals surface area (Å²) in [5, 5.41) is 1.22. The van der Waals surface area contributed by atoms with Crippen molar-refractivity contribution in [1.82, 2.24) is 15.0 Å². The molecule has 0 aliphatic rings. The molecule has 0 atom stereocenters. The molecule has 5 heteroatoms. The molecular formula is C12H11BrN4. The molecule has 3 rings (SSSR count). The Morgan fingerprint density at radius 2 is 2.24 bits per heavy atom. The third-order valence-corrected chi connectivity index (χ3v) is 3.25. The van der Waals surface area contributed by atoms with E-state index in [1.807, 2.05) is 12.3 Å². The van der Waals surface area contributed by atoms with Crippen molar-refractivity contribution in [1.29, 1.82) is 0 Å². The first-order valence-corrected chi connectivity index (χ1v) is 6.06. The van der Waals surface area contributed by atoms with Crippen LogP contribution in [0.5, 0.6) is 0 Å². The van der Waals surface area contributed by atoms with Crippen LogP contribution < -0.4 is 5.73 Å². The summed E-state index contributed by atoms with van der Waals surface area (Å²) in [7, 11) is 0. The number of rotatable bonds is 2. The Morgan fingerprint density at radius 1 is 1.35 bits per heavy atom. The van der Waals surface area contributed by atoms with Gasteiger partial charge in [-0.1, -0.05) is 22.0 Å². The van der Waals surface area contributed by atoms with Crippen molar-refractivity contribution in [2.24, 2.45) is 0 Å². The molecule has 0 saturated heterocycles. The lowest BCUT2D eigenvalue weighted by molar-refractivity contribution is 1.12. The number of aromatic amines is 2. The van der Waals surface area contributed by atoms with Gasteiger partial charge in [-0.2, -0.15) is 0 Å². The molecule has 2 heterocycles. The van der Waals surface area contributed by atoms with Crippen LogP contribution in [0.2, 0.25) is 0 Å². The number of nitrogens with one attached hydrogen (secondary N) is 2. The Balaban J connectivity index is 2.00. The highest BCUT2D eigenvalue weighted by atomic mass is 79.9. The number of halogens is 1. The van der Waals surface area contributed by atoms with Crippen molar-refractivity contribution in [3.8, 4) is 0 Å². The van der Waals surface area contributed by atoms with Crippen LogP contribution in [0, 0.1) is 0 Å². The van der Waals surface area contributed by atoms with Crippen LogP contribution in [-0.4, -0.2) is 15.0 Å². The summed E-state index contributed by atoms with van der Waals surface area (Å²) in [6.45, 7) is 0. The highest BCUT2D eigenvalue weighted by Gasteiger charge is 2.06. The van der Waals surface area contributed by atoms with E-state index in [0.29, 0.717) is 5.95 Å². The number of aromatic nitrogens is 3. The number of hydrogen-bond donors (Lipinski definition) is 3. The maximum Gasteiger partial charge on any atom is 0.197 e. The van der Waals surface area contributed by atoms with Gasteiger partial charge in [0.1, 0.15) is 0 Å². The lowest BCUT2D eigenvalue weighted by atomic mass is 10.1. The largest absolute Gasteiger partial charge is 0.369 e. The van der Waals surface area contributed by atoms with Crippen molar-refractivity contribution in [3.63, 3.8) is 0 Å². The summed E-state index contributed by atoms with van der Waals surface area (Å²) in [6, 6.07) is 6.21. The van der Waals surface area contributed by atoms with E-state index < -0.39 is 0 Å². The van der Waals surface area contributed by atoms with Gasteiger partial charge in [-0.15, -0.1) is 0 Å². The van der Waals surface area contributed by atoms with Gasteiger partial charge in [-0.3, -0.25) is 0 Å². The predicted octanol–water partition coefficient (Wildman–Crippen LogP) is 2.83. The molecule has 0 spiro atoms. The fourth-order valence-electron chi connectivity index (χ4n) is 1.98. The number of imidazole rings is 1. The Morgan fingerprint density at radius 3 is 3.00 bits per heavy atom. The molecule has 0 bridgehead atoms. The SMILES string of the molecule is Nc1ncc(Cc2c[nH]c3cc(Br)ccc23)[nH]1. The lowest BCUT2D eigenvalue weighted by Crippen LogP contribution is -1.89. The van der Waals surface area contributed by atoms with E-state index >= 15 is 0 Å². The zero-order chi connectivity index (χ0) is 11.8. The summed E-state index contributed by atoms with van der Waals surface area (Å²) in [4.78, 5) is 10.3. The van der Waals surface area contributed by atoms with Gasteiger partial charge in [0.2, 0.25) is 0 Å². The zero-order valence-corrected chi connectivity index (χ0v) is 10.6.